The fraction of sp³-hybridized carbons (Fsp3) is 0.765. The molecule has 6 nitrogen and oxygen atoms in total. The van der Waals surface area contributed by atoms with Gasteiger partial charge in [0.15, 0.2) is 5.69 Å². The van der Waals surface area contributed by atoms with E-state index in [1.54, 1.807) is 0 Å². The fourth-order valence-corrected chi connectivity index (χ4v) is 4.32. The molecular weight excluding hydrogens is 294 g/mol. The minimum Gasteiger partial charge on any atom is -0.381 e. The zero-order valence-electron chi connectivity index (χ0n) is 13.9. The van der Waals surface area contributed by atoms with E-state index in [0.717, 1.165) is 63.2 Å². The average molecular weight is 319 g/mol. The zero-order chi connectivity index (χ0) is 16.0. The van der Waals surface area contributed by atoms with Gasteiger partial charge in [-0.3, -0.25) is 9.89 Å². The largest absolute Gasteiger partial charge is 0.381 e. The number of rotatable bonds is 1. The Morgan fingerprint density at radius 2 is 2.09 bits per heavy atom. The van der Waals surface area contributed by atoms with Crippen molar-refractivity contribution in [3.63, 3.8) is 0 Å². The van der Waals surface area contributed by atoms with E-state index in [2.05, 4.69) is 10.2 Å². The Bertz CT molecular complexity index is 606. The van der Waals surface area contributed by atoms with Crippen LogP contribution in [0.25, 0.3) is 0 Å². The predicted molar refractivity (Wildman–Crippen MR) is 84.3 cm³/mol. The van der Waals surface area contributed by atoms with Crippen molar-refractivity contribution in [3.8, 4) is 0 Å². The Kier molecular flexibility index (Phi) is 3.69. The number of ether oxygens (including phenoxy) is 2. The topological polar surface area (TPSA) is 67.5 Å². The molecule has 0 aromatic carbocycles. The number of aromatic amines is 1. The second-order valence-corrected chi connectivity index (χ2v) is 7.35. The molecule has 2 fully saturated rings. The molecule has 126 valence electrons. The molecule has 1 amide bonds. The molecule has 4 rings (SSSR count). The average Bonchev–Trinajstić information content (AvgIpc) is 3.12. The Labute approximate surface area is 136 Å². The predicted octanol–water partition coefficient (Wildman–Crippen LogP) is 2.07. The number of hydrogen-bond acceptors (Lipinski definition) is 4. The smallest absolute Gasteiger partial charge is 0.274 e. The summed E-state index contributed by atoms with van der Waals surface area (Å²) in [6, 6.07) is 0. The summed E-state index contributed by atoms with van der Waals surface area (Å²) in [7, 11) is 0. The highest BCUT2D eigenvalue weighted by molar-refractivity contribution is 5.94. The maximum absolute atomic E-state index is 13.0. The van der Waals surface area contributed by atoms with Crippen molar-refractivity contribution in [2.45, 2.75) is 51.7 Å². The minimum atomic E-state index is -0.0248. The standard InChI is InChI=1S/C17H25N3O3/c1-11-9-13-14(12(2)23-11)18-19-15(13)16(21)20-6-3-17(10-20)4-7-22-8-5-17/h11-12H,3-10H2,1-2H3,(H,18,19)/t11-,12+/m1/s1. The molecule has 1 N–H and O–H groups in total. The Morgan fingerprint density at radius 3 is 2.87 bits per heavy atom. The van der Waals surface area contributed by atoms with E-state index < -0.39 is 0 Å². The summed E-state index contributed by atoms with van der Waals surface area (Å²) in [6.07, 6.45) is 4.08. The van der Waals surface area contributed by atoms with Crippen molar-refractivity contribution < 1.29 is 14.3 Å². The summed E-state index contributed by atoms with van der Waals surface area (Å²) in [4.78, 5) is 15.0. The number of carbonyl (C=O) groups is 1. The number of nitrogens with one attached hydrogen (secondary N) is 1. The second-order valence-electron chi connectivity index (χ2n) is 7.35. The van der Waals surface area contributed by atoms with Crippen LogP contribution in [0.2, 0.25) is 0 Å². The van der Waals surface area contributed by atoms with Gasteiger partial charge in [-0.15, -0.1) is 0 Å². The number of aromatic nitrogens is 2. The summed E-state index contributed by atoms with van der Waals surface area (Å²) < 4.78 is 11.3. The van der Waals surface area contributed by atoms with Gasteiger partial charge in [-0.2, -0.15) is 5.10 Å². The third-order valence-electron chi connectivity index (χ3n) is 5.72. The van der Waals surface area contributed by atoms with Crippen molar-refractivity contribution in [1.29, 1.82) is 0 Å². The summed E-state index contributed by atoms with van der Waals surface area (Å²) >= 11 is 0. The molecule has 1 aromatic heterocycles. The number of amides is 1. The van der Waals surface area contributed by atoms with Crippen LogP contribution in [0.5, 0.6) is 0 Å². The molecular formula is C17H25N3O3. The van der Waals surface area contributed by atoms with Crippen LogP contribution in [0.15, 0.2) is 0 Å². The maximum Gasteiger partial charge on any atom is 0.274 e. The van der Waals surface area contributed by atoms with E-state index in [9.17, 15) is 4.79 Å². The first-order valence-corrected chi connectivity index (χ1v) is 8.68. The minimum absolute atomic E-state index is 0.0248. The first-order valence-electron chi connectivity index (χ1n) is 8.68. The lowest BCUT2D eigenvalue weighted by atomic mass is 9.80. The molecule has 0 radical (unpaired) electrons. The van der Waals surface area contributed by atoms with Gasteiger partial charge in [0, 0.05) is 38.3 Å². The molecule has 3 aliphatic rings. The normalized spacial score (nSPS) is 29.7. The summed E-state index contributed by atoms with van der Waals surface area (Å²) in [5, 5.41) is 7.37. The van der Waals surface area contributed by atoms with Crippen molar-refractivity contribution in [2.24, 2.45) is 5.41 Å². The van der Waals surface area contributed by atoms with Crippen molar-refractivity contribution in [3.05, 3.63) is 17.0 Å². The first kappa shape index (κ1) is 15.1. The molecule has 0 unspecified atom stereocenters. The highest BCUT2D eigenvalue weighted by atomic mass is 16.5. The van der Waals surface area contributed by atoms with Gasteiger partial charge in [0.05, 0.1) is 17.9 Å². The lowest BCUT2D eigenvalue weighted by molar-refractivity contribution is -0.00704. The second kappa shape index (κ2) is 5.60. The molecule has 0 aliphatic carbocycles. The van der Waals surface area contributed by atoms with Crippen molar-refractivity contribution in [1.82, 2.24) is 15.1 Å². The van der Waals surface area contributed by atoms with E-state index in [1.165, 1.54) is 0 Å². The van der Waals surface area contributed by atoms with Gasteiger partial charge in [0.1, 0.15) is 0 Å². The van der Waals surface area contributed by atoms with Crippen LogP contribution in [0.3, 0.4) is 0 Å². The number of H-pyrrole nitrogens is 1. The Balaban J connectivity index is 1.54. The third-order valence-corrected chi connectivity index (χ3v) is 5.72. The van der Waals surface area contributed by atoms with E-state index in [-0.39, 0.29) is 23.5 Å². The lowest BCUT2D eigenvalue weighted by Crippen LogP contribution is -2.36. The van der Waals surface area contributed by atoms with Crippen LogP contribution in [-0.4, -0.2) is 53.4 Å². The van der Waals surface area contributed by atoms with Gasteiger partial charge in [0.2, 0.25) is 0 Å². The van der Waals surface area contributed by atoms with E-state index in [1.807, 2.05) is 18.7 Å². The number of likely N-dealkylation sites (tertiary alicyclic amines) is 1. The molecule has 23 heavy (non-hydrogen) atoms. The number of fused-ring (bicyclic) bond motifs is 1. The van der Waals surface area contributed by atoms with Gasteiger partial charge in [-0.25, -0.2) is 0 Å². The monoisotopic (exact) mass is 319 g/mol. The maximum atomic E-state index is 13.0. The SMILES string of the molecule is C[C@@H]1Cc2c(C(=O)N3CCC4(CCOCC4)C3)n[nH]c2[C@H](C)O1. The van der Waals surface area contributed by atoms with Crippen molar-refractivity contribution in [2.75, 3.05) is 26.3 Å². The lowest BCUT2D eigenvalue weighted by Gasteiger charge is -2.33. The zero-order valence-corrected chi connectivity index (χ0v) is 13.9. The summed E-state index contributed by atoms with van der Waals surface area (Å²) in [6.45, 7) is 7.39. The third kappa shape index (κ3) is 2.58. The van der Waals surface area contributed by atoms with E-state index >= 15 is 0 Å². The highest BCUT2D eigenvalue weighted by Crippen LogP contribution is 2.40. The van der Waals surface area contributed by atoms with Crippen LogP contribution < -0.4 is 0 Å². The van der Waals surface area contributed by atoms with Gasteiger partial charge in [-0.1, -0.05) is 0 Å². The Morgan fingerprint density at radius 1 is 1.30 bits per heavy atom. The number of carbonyl (C=O) groups excluding carboxylic acids is 1. The van der Waals surface area contributed by atoms with Gasteiger partial charge < -0.3 is 14.4 Å². The van der Waals surface area contributed by atoms with Crippen LogP contribution in [0.1, 0.15) is 61.0 Å². The highest BCUT2D eigenvalue weighted by Gasteiger charge is 2.42. The molecule has 2 saturated heterocycles. The van der Waals surface area contributed by atoms with Crippen LogP contribution in [-0.2, 0) is 15.9 Å². The Hall–Kier alpha value is -1.40. The summed E-state index contributed by atoms with van der Waals surface area (Å²) in [5.41, 5.74) is 2.89. The fourth-order valence-electron chi connectivity index (χ4n) is 4.32. The van der Waals surface area contributed by atoms with E-state index in [0.29, 0.717) is 5.69 Å². The number of hydrogen-bond donors (Lipinski definition) is 1. The van der Waals surface area contributed by atoms with Crippen LogP contribution in [0.4, 0.5) is 0 Å². The van der Waals surface area contributed by atoms with E-state index in [4.69, 9.17) is 9.47 Å². The quantitative estimate of drug-likeness (QED) is 0.860. The van der Waals surface area contributed by atoms with Crippen LogP contribution in [0, 0.1) is 5.41 Å². The van der Waals surface area contributed by atoms with Crippen LogP contribution >= 0.6 is 0 Å². The van der Waals surface area contributed by atoms with Gasteiger partial charge in [-0.05, 0) is 38.5 Å². The molecule has 1 spiro atoms. The van der Waals surface area contributed by atoms with Crippen molar-refractivity contribution >= 4 is 5.91 Å². The molecule has 3 aliphatic heterocycles. The van der Waals surface area contributed by atoms with Gasteiger partial charge in [0.25, 0.3) is 5.91 Å². The molecule has 0 bridgehead atoms. The summed E-state index contributed by atoms with van der Waals surface area (Å²) in [5.74, 6) is 0.0761. The molecule has 1 aromatic rings. The van der Waals surface area contributed by atoms with Gasteiger partial charge >= 0.3 is 0 Å². The molecule has 6 heteroatoms. The first-order chi connectivity index (χ1) is 11.1. The molecule has 0 saturated carbocycles. The number of nitrogens with zero attached hydrogens (tertiary/aromatic N) is 2. The molecule has 4 heterocycles. The molecule has 2 atom stereocenters.